The second-order valence-electron chi connectivity index (χ2n) is 3.09. The van der Waals surface area contributed by atoms with Crippen molar-refractivity contribution in [1.29, 1.82) is 0 Å². The summed E-state index contributed by atoms with van der Waals surface area (Å²) in [4.78, 5) is 0. The normalized spacial score (nSPS) is 13.1. The SMILES string of the molecule is Cl.NC(Cc1ccc(Cl)cc1Cl)C(F)(F)F. The number of benzene rings is 1. The van der Waals surface area contributed by atoms with E-state index in [0.29, 0.717) is 10.6 Å². The number of halogens is 6. The molecule has 0 aliphatic heterocycles. The molecule has 2 N–H and O–H groups in total. The van der Waals surface area contributed by atoms with Crippen LogP contribution < -0.4 is 5.73 Å². The maximum Gasteiger partial charge on any atom is 0.403 e. The molecule has 0 spiro atoms. The van der Waals surface area contributed by atoms with E-state index in [1.165, 1.54) is 18.2 Å². The van der Waals surface area contributed by atoms with Gasteiger partial charge in [0.1, 0.15) is 6.04 Å². The molecule has 0 saturated carbocycles. The average molecular weight is 295 g/mol. The number of rotatable bonds is 2. The summed E-state index contributed by atoms with van der Waals surface area (Å²) in [6.07, 6.45) is -4.76. The quantitative estimate of drug-likeness (QED) is 0.881. The third-order valence-corrected chi connectivity index (χ3v) is 2.46. The van der Waals surface area contributed by atoms with Crippen LogP contribution in [0.4, 0.5) is 13.2 Å². The Balaban J connectivity index is 0.00000225. The van der Waals surface area contributed by atoms with E-state index in [4.69, 9.17) is 28.9 Å². The van der Waals surface area contributed by atoms with Crippen LogP contribution in [0.1, 0.15) is 5.56 Å². The molecule has 7 heteroatoms. The summed E-state index contributed by atoms with van der Waals surface area (Å²) < 4.78 is 36.5. The topological polar surface area (TPSA) is 26.0 Å². The van der Waals surface area contributed by atoms with Crippen LogP contribution in [0.2, 0.25) is 10.0 Å². The Morgan fingerprint density at radius 2 is 1.81 bits per heavy atom. The molecule has 1 rings (SSSR count). The Bertz CT molecular complexity index is 354. The molecular weight excluding hydrogens is 285 g/mol. The molecular formula is C9H9Cl3F3N. The summed E-state index contributed by atoms with van der Waals surface area (Å²) in [5, 5.41) is 0.575. The minimum atomic E-state index is -4.41. The van der Waals surface area contributed by atoms with E-state index in [1.54, 1.807) is 0 Å². The van der Waals surface area contributed by atoms with Crippen molar-refractivity contribution in [3.8, 4) is 0 Å². The lowest BCUT2D eigenvalue weighted by Crippen LogP contribution is -2.39. The van der Waals surface area contributed by atoms with Crippen molar-refractivity contribution in [3.63, 3.8) is 0 Å². The molecule has 1 unspecified atom stereocenters. The standard InChI is InChI=1S/C9H8Cl2F3N.ClH/c10-6-2-1-5(7(11)4-6)3-8(15)9(12,13)14;/h1-2,4,8H,3,15H2;1H. The van der Waals surface area contributed by atoms with Gasteiger partial charge in [-0.3, -0.25) is 0 Å². The highest BCUT2D eigenvalue weighted by Gasteiger charge is 2.36. The smallest absolute Gasteiger partial charge is 0.320 e. The number of hydrogen-bond donors (Lipinski definition) is 1. The van der Waals surface area contributed by atoms with Gasteiger partial charge in [0, 0.05) is 10.0 Å². The summed E-state index contributed by atoms with van der Waals surface area (Å²) in [5.74, 6) is 0. The van der Waals surface area contributed by atoms with Crippen LogP contribution in [0.5, 0.6) is 0 Å². The highest BCUT2D eigenvalue weighted by Crippen LogP contribution is 2.26. The molecule has 0 saturated heterocycles. The van der Waals surface area contributed by atoms with E-state index >= 15 is 0 Å². The van der Waals surface area contributed by atoms with Gasteiger partial charge < -0.3 is 5.73 Å². The first kappa shape index (κ1) is 15.8. The van der Waals surface area contributed by atoms with E-state index in [9.17, 15) is 13.2 Å². The molecule has 92 valence electrons. The van der Waals surface area contributed by atoms with Gasteiger partial charge in [-0.1, -0.05) is 29.3 Å². The van der Waals surface area contributed by atoms with Gasteiger partial charge in [0.2, 0.25) is 0 Å². The summed E-state index contributed by atoms with van der Waals surface area (Å²) in [7, 11) is 0. The highest BCUT2D eigenvalue weighted by atomic mass is 35.5. The molecule has 1 atom stereocenters. The molecule has 0 aliphatic carbocycles. The fourth-order valence-electron chi connectivity index (χ4n) is 1.04. The summed E-state index contributed by atoms with van der Waals surface area (Å²) in [5.41, 5.74) is 5.31. The maximum atomic E-state index is 12.2. The van der Waals surface area contributed by atoms with E-state index in [0.717, 1.165) is 0 Å². The zero-order valence-electron chi connectivity index (χ0n) is 7.89. The van der Waals surface area contributed by atoms with Crippen LogP contribution in [0.25, 0.3) is 0 Å². The highest BCUT2D eigenvalue weighted by molar-refractivity contribution is 6.35. The number of alkyl halides is 3. The largest absolute Gasteiger partial charge is 0.403 e. The number of nitrogens with two attached hydrogens (primary N) is 1. The van der Waals surface area contributed by atoms with Crippen molar-refractivity contribution in [3.05, 3.63) is 33.8 Å². The van der Waals surface area contributed by atoms with Gasteiger partial charge in [0.15, 0.2) is 0 Å². The van der Waals surface area contributed by atoms with Gasteiger partial charge in [-0.25, -0.2) is 0 Å². The van der Waals surface area contributed by atoms with Gasteiger partial charge in [0.25, 0.3) is 0 Å². The minimum absolute atomic E-state index is 0. The van der Waals surface area contributed by atoms with Crippen LogP contribution in [-0.2, 0) is 6.42 Å². The molecule has 0 radical (unpaired) electrons. The molecule has 0 fully saturated rings. The Labute approximate surface area is 107 Å². The van der Waals surface area contributed by atoms with Crippen molar-refractivity contribution < 1.29 is 13.2 Å². The van der Waals surface area contributed by atoms with Crippen molar-refractivity contribution in [2.45, 2.75) is 18.6 Å². The fraction of sp³-hybridized carbons (Fsp3) is 0.333. The predicted octanol–water partition coefficient (Wildman–Crippen LogP) is 3.85. The zero-order valence-corrected chi connectivity index (χ0v) is 10.2. The average Bonchev–Trinajstić information content (AvgIpc) is 2.08. The van der Waals surface area contributed by atoms with Crippen molar-refractivity contribution >= 4 is 35.6 Å². The Morgan fingerprint density at radius 3 is 2.25 bits per heavy atom. The molecule has 0 aromatic heterocycles. The van der Waals surface area contributed by atoms with Gasteiger partial charge in [-0.05, 0) is 24.1 Å². The molecule has 1 aromatic carbocycles. The molecule has 16 heavy (non-hydrogen) atoms. The van der Waals surface area contributed by atoms with E-state index in [1.807, 2.05) is 0 Å². The third kappa shape index (κ3) is 4.37. The van der Waals surface area contributed by atoms with Crippen LogP contribution >= 0.6 is 35.6 Å². The van der Waals surface area contributed by atoms with Crippen LogP contribution in [0.15, 0.2) is 18.2 Å². The predicted molar refractivity (Wildman–Crippen MR) is 61.4 cm³/mol. The first-order valence-corrected chi connectivity index (χ1v) is 4.82. The zero-order chi connectivity index (χ0) is 11.6. The van der Waals surface area contributed by atoms with Crippen LogP contribution in [-0.4, -0.2) is 12.2 Å². The van der Waals surface area contributed by atoms with E-state index in [2.05, 4.69) is 0 Å². The molecule has 0 bridgehead atoms. The van der Waals surface area contributed by atoms with Crippen LogP contribution in [0, 0.1) is 0 Å². The van der Waals surface area contributed by atoms with Crippen LogP contribution in [0.3, 0.4) is 0 Å². The first-order valence-electron chi connectivity index (χ1n) is 4.07. The Kier molecular flexibility index (Phi) is 5.90. The lowest BCUT2D eigenvalue weighted by atomic mass is 10.1. The first-order chi connectivity index (χ1) is 6.80. The molecule has 1 nitrogen and oxygen atoms in total. The molecule has 0 aliphatic rings. The van der Waals surface area contributed by atoms with E-state index < -0.39 is 12.2 Å². The van der Waals surface area contributed by atoms with Gasteiger partial charge in [-0.15, -0.1) is 12.4 Å². The Hall–Kier alpha value is -0.160. The fourth-order valence-corrected chi connectivity index (χ4v) is 1.53. The van der Waals surface area contributed by atoms with Gasteiger partial charge in [-0.2, -0.15) is 13.2 Å². The molecule has 1 aromatic rings. The third-order valence-electron chi connectivity index (χ3n) is 1.88. The molecule has 0 amide bonds. The van der Waals surface area contributed by atoms with Gasteiger partial charge in [0.05, 0.1) is 0 Å². The molecule has 0 heterocycles. The monoisotopic (exact) mass is 293 g/mol. The van der Waals surface area contributed by atoms with E-state index in [-0.39, 0.29) is 23.9 Å². The summed E-state index contributed by atoms with van der Waals surface area (Å²) in [6.45, 7) is 0. The van der Waals surface area contributed by atoms with Crippen molar-refractivity contribution in [1.82, 2.24) is 0 Å². The summed E-state index contributed by atoms with van der Waals surface area (Å²) in [6, 6.07) is 2.40. The lowest BCUT2D eigenvalue weighted by Gasteiger charge is -2.16. The second-order valence-corrected chi connectivity index (χ2v) is 3.93. The number of hydrogen-bond acceptors (Lipinski definition) is 1. The second kappa shape index (κ2) is 5.96. The van der Waals surface area contributed by atoms with Crippen molar-refractivity contribution in [2.75, 3.05) is 0 Å². The minimum Gasteiger partial charge on any atom is -0.320 e. The summed E-state index contributed by atoms with van der Waals surface area (Å²) >= 11 is 11.3. The maximum absolute atomic E-state index is 12.2. The van der Waals surface area contributed by atoms with Gasteiger partial charge >= 0.3 is 6.18 Å². The Morgan fingerprint density at radius 1 is 1.25 bits per heavy atom. The lowest BCUT2D eigenvalue weighted by molar-refractivity contribution is -0.147. The van der Waals surface area contributed by atoms with Crippen molar-refractivity contribution in [2.24, 2.45) is 5.73 Å².